The first-order valence-electron chi connectivity index (χ1n) is 7.96. The molecule has 0 aliphatic carbocycles. The number of nitrogens with one attached hydrogen (secondary N) is 1. The van der Waals surface area contributed by atoms with Gasteiger partial charge in [-0.1, -0.05) is 18.2 Å². The maximum Gasteiger partial charge on any atom is 0.174 e. The average molecular weight is 430 g/mol. The molecule has 0 saturated carbocycles. The number of hydrogen-bond acceptors (Lipinski definition) is 3. The van der Waals surface area contributed by atoms with Crippen molar-refractivity contribution in [2.24, 2.45) is 0 Å². The number of pyridine rings is 1. The highest BCUT2D eigenvalue weighted by atomic mass is 79.9. The summed E-state index contributed by atoms with van der Waals surface area (Å²) in [5.41, 5.74) is 3.31. The molecule has 0 radical (unpaired) electrons. The molecular formula is C19H16BrN3S2. The molecule has 0 bridgehead atoms. The van der Waals surface area contributed by atoms with Crippen LogP contribution in [-0.2, 0) is 0 Å². The highest BCUT2D eigenvalue weighted by Gasteiger charge is 2.41. The summed E-state index contributed by atoms with van der Waals surface area (Å²) in [6.07, 6.45) is 1.83. The zero-order chi connectivity index (χ0) is 17.4. The van der Waals surface area contributed by atoms with E-state index in [2.05, 4.69) is 80.5 Å². The van der Waals surface area contributed by atoms with Crippen molar-refractivity contribution in [3.63, 3.8) is 0 Å². The third-order valence-corrected chi connectivity index (χ3v) is 6.27. The Kier molecular flexibility index (Phi) is 4.58. The van der Waals surface area contributed by atoms with Gasteiger partial charge in [-0.3, -0.25) is 4.98 Å². The van der Waals surface area contributed by atoms with E-state index in [9.17, 15) is 0 Å². The molecule has 25 heavy (non-hydrogen) atoms. The lowest BCUT2D eigenvalue weighted by molar-refractivity contribution is 0.575. The van der Waals surface area contributed by atoms with Crippen LogP contribution >= 0.6 is 39.5 Å². The number of halogens is 1. The molecule has 2 atom stereocenters. The smallest absolute Gasteiger partial charge is 0.174 e. The molecule has 1 saturated heterocycles. The number of aryl methyl sites for hydroxylation is 1. The minimum Gasteiger partial charge on any atom is -0.351 e. The highest BCUT2D eigenvalue weighted by molar-refractivity contribution is 9.11. The minimum atomic E-state index is 0.0137. The van der Waals surface area contributed by atoms with E-state index in [0.29, 0.717) is 0 Å². The largest absolute Gasteiger partial charge is 0.351 e. The van der Waals surface area contributed by atoms with Crippen LogP contribution in [-0.4, -0.2) is 10.1 Å². The summed E-state index contributed by atoms with van der Waals surface area (Å²) >= 11 is 11.0. The van der Waals surface area contributed by atoms with E-state index >= 15 is 0 Å². The Labute approximate surface area is 164 Å². The summed E-state index contributed by atoms with van der Waals surface area (Å²) in [7, 11) is 0. The van der Waals surface area contributed by atoms with Crippen LogP contribution in [0.5, 0.6) is 0 Å². The molecule has 4 rings (SSSR count). The maximum atomic E-state index is 5.71. The van der Waals surface area contributed by atoms with Crippen molar-refractivity contribution in [1.29, 1.82) is 0 Å². The quantitative estimate of drug-likeness (QED) is 0.564. The van der Waals surface area contributed by atoms with Gasteiger partial charge >= 0.3 is 0 Å². The van der Waals surface area contributed by atoms with Crippen LogP contribution in [0.1, 0.15) is 28.2 Å². The van der Waals surface area contributed by atoms with E-state index < -0.39 is 0 Å². The maximum absolute atomic E-state index is 5.71. The van der Waals surface area contributed by atoms with Crippen LogP contribution in [0.15, 0.2) is 64.6 Å². The fourth-order valence-corrected chi connectivity index (χ4v) is 5.09. The normalized spacial score (nSPS) is 19.9. The molecular weight excluding hydrogens is 414 g/mol. The number of anilines is 1. The number of aromatic nitrogens is 1. The van der Waals surface area contributed by atoms with Crippen LogP contribution in [0.2, 0.25) is 0 Å². The first-order valence-corrected chi connectivity index (χ1v) is 9.98. The number of hydrogen-bond donors (Lipinski definition) is 1. The third-order valence-electron chi connectivity index (χ3n) is 4.26. The Balaban J connectivity index is 1.83. The summed E-state index contributed by atoms with van der Waals surface area (Å²) in [4.78, 5) is 8.02. The van der Waals surface area contributed by atoms with Crippen molar-refractivity contribution in [3.05, 3.63) is 80.7 Å². The monoisotopic (exact) mass is 429 g/mol. The fraction of sp³-hybridized carbons (Fsp3) is 0.158. The van der Waals surface area contributed by atoms with Gasteiger partial charge in [-0.25, -0.2) is 0 Å². The second-order valence-electron chi connectivity index (χ2n) is 5.98. The number of benzene rings is 1. The Morgan fingerprint density at radius 1 is 1.16 bits per heavy atom. The van der Waals surface area contributed by atoms with E-state index in [1.807, 2.05) is 18.3 Å². The topological polar surface area (TPSA) is 28.2 Å². The van der Waals surface area contributed by atoms with Crippen LogP contribution in [0, 0.1) is 6.92 Å². The fourth-order valence-electron chi connectivity index (χ4n) is 3.19. The molecule has 126 valence electrons. The summed E-state index contributed by atoms with van der Waals surface area (Å²) in [6.45, 7) is 2.10. The molecule has 1 aliphatic rings. The van der Waals surface area contributed by atoms with Gasteiger partial charge in [0.1, 0.15) is 0 Å². The van der Waals surface area contributed by atoms with Gasteiger partial charge in [-0.05, 0) is 77.0 Å². The Hall–Kier alpha value is -1.76. The lowest BCUT2D eigenvalue weighted by Gasteiger charge is -2.27. The van der Waals surface area contributed by atoms with Crippen molar-refractivity contribution >= 4 is 50.3 Å². The van der Waals surface area contributed by atoms with Gasteiger partial charge in [0.05, 0.1) is 21.6 Å². The molecule has 1 fully saturated rings. The second kappa shape index (κ2) is 6.86. The molecule has 3 nitrogen and oxygen atoms in total. The van der Waals surface area contributed by atoms with Crippen molar-refractivity contribution in [1.82, 2.24) is 10.3 Å². The molecule has 0 amide bonds. The van der Waals surface area contributed by atoms with Gasteiger partial charge in [0, 0.05) is 16.8 Å². The summed E-state index contributed by atoms with van der Waals surface area (Å²) in [6, 6.07) is 18.8. The molecule has 1 aliphatic heterocycles. The van der Waals surface area contributed by atoms with E-state index in [-0.39, 0.29) is 12.1 Å². The predicted octanol–water partition coefficient (Wildman–Crippen LogP) is 5.39. The number of thiocarbonyl (C=S) groups is 1. The van der Waals surface area contributed by atoms with Gasteiger partial charge in [-0.15, -0.1) is 11.3 Å². The van der Waals surface area contributed by atoms with Gasteiger partial charge in [-0.2, -0.15) is 0 Å². The first-order chi connectivity index (χ1) is 12.1. The van der Waals surface area contributed by atoms with Crippen LogP contribution < -0.4 is 10.2 Å². The van der Waals surface area contributed by atoms with Gasteiger partial charge in [0.2, 0.25) is 0 Å². The molecule has 1 aromatic carbocycles. The molecule has 3 heterocycles. The van der Waals surface area contributed by atoms with Crippen LogP contribution in [0.3, 0.4) is 0 Å². The lowest BCUT2D eigenvalue weighted by Crippen LogP contribution is -2.29. The van der Waals surface area contributed by atoms with Gasteiger partial charge in [0.15, 0.2) is 5.11 Å². The van der Waals surface area contributed by atoms with Crippen LogP contribution in [0.4, 0.5) is 5.69 Å². The predicted molar refractivity (Wildman–Crippen MR) is 111 cm³/mol. The molecule has 0 unspecified atom stereocenters. The summed E-state index contributed by atoms with van der Waals surface area (Å²) < 4.78 is 1.12. The van der Waals surface area contributed by atoms with Crippen molar-refractivity contribution in [3.8, 4) is 0 Å². The SMILES string of the molecule is Cc1cccc(N2C(=S)N[C@@H](c3ccccn3)[C@@H]2c2ccc(Br)s2)c1. The molecule has 1 N–H and O–H groups in total. The molecule has 6 heteroatoms. The van der Waals surface area contributed by atoms with E-state index in [1.54, 1.807) is 11.3 Å². The number of thiophene rings is 1. The van der Waals surface area contributed by atoms with Gasteiger partial charge in [0.25, 0.3) is 0 Å². The van der Waals surface area contributed by atoms with Gasteiger partial charge < -0.3 is 10.2 Å². The highest BCUT2D eigenvalue weighted by Crippen LogP contribution is 2.44. The zero-order valence-electron chi connectivity index (χ0n) is 13.5. The second-order valence-corrected chi connectivity index (χ2v) is 8.86. The van der Waals surface area contributed by atoms with E-state index in [4.69, 9.17) is 12.2 Å². The Bertz CT molecular complexity index is 910. The van der Waals surface area contributed by atoms with E-state index in [1.165, 1.54) is 10.4 Å². The average Bonchev–Trinajstić information content (AvgIpc) is 3.18. The Morgan fingerprint density at radius 3 is 2.72 bits per heavy atom. The standard InChI is InChI=1S/C19H16BrN3S2/c1-12-5-4-6-13(11-12)23-18(15-8-9-16(20)25-15)17(22-19(23)24)14-7-2-3-10-21-14/h2-11,17-18H,1H3,(H,22,24)/t17-,18-/m0/s1. The van der Waals surface area contributed by atoms with Crippen molar-refractivity contribution < 1.29 is 0 Å². The van der Waals surface area contributed by atoms with Crippen LogP contribution in [0.25, 0.3) is 0 Å². The lowest BCUT2D eigenvalue weighted by atomic mass is 10.0. The summed E-state index contributed by atoms with van der Waals surface area (Å²) in [5.74, 6) is 0. The van der Waals surface area contributed by atoms with E-state index in [0.717, 1.165) is 20.3 Å². The number of rotatable bonds is 3. The minimum absolute atomic E-state index is 0.0137. The summed E-state index contributed by atoms with van der Waals surface area (Å²) in [5, 5.41) is 4.21. The van der Waals surface area contributed by atoms with Crippen molar-refractivity contribution in [2.45, 2.75) is 19.0 Å². The first kappa shape index (κ1) is 16.7. The zero-order valence-corrected chi connectivity index (χ0v) is 16.7. The molecule has 2 aromatic heterocycles. The molecule has 3 aromatic rings. The number of nitrogens with zero attached hydrogens (tertiary/aromatic N) is 2. The third kappa shape index (κ3) is 3.21. The Morgan fingerprint density at radius 2 is 2.04 bits per heavy atom. The molecule has 0 spiro atoms. The van der Waals surface area contributed by atoms with Crippen molar-refractivity contribution in [2.75, 3.05) is 4.90 Å².